The van der Waals surface area contributed by atoms with Gasteiger partial charge in [-0.2, -0.15) is 0 Å². The largest absolute Gasteiger partial charge is 0.491 e. The third-order valence-corrected chi connectivity index (χ3v) is 5.46. The summed E-state index contributed by atoms with van der Waals surface area (Å²) in [5.41, 5.74) is 2.13. The van der Waals surface area contributed by atoms with Crippen LogP contribution in [0, 0.1) is 0 Å². The third kappa shape index (κ3) is 5.15. The lowest BCUT2D eigenvalue weighted by molar-refractivity contribution is -0.130. The molecule has 0 radical (unpaired) electrons. The molecule has 1 fully saturated rings. The van der Waals surface area contributed by atoms with Crippen molar-refractivity contribution < 1.29 is 14.3 Å². The summed E-state index contributed by atoms with van der Waals surface area (Å²) in [7, 11) is 0. The predicted octanol–water partition coefficient (Wildman–Crippen LogP) is 2.94. The van der Waals surface area contributed by atoms with Crippen LogP contribution < -0.4 is 10.1 Å². The maximum absolute atomic E-state index is 12.5. The molecule has 2 aliphatic rings. The third-order valence-electron chi connectivity index (χ3n) is 5.46. The Morgan fingerprint density at radius 2 is 1.96 bits per heavy atom. The number of aryl methyl sites for hydroxylation is 1. The fourth-order valence-electron chi connectivity index (χ4n) is 3.56. The predicted molar refractivity (Wildman–Crippen MR) is 105 cm³/mol. The molecule has 1 aromatic rings. The van der Waals surface area contributed by atoms with Crippen molar-refractivity contribution in [1.82, 2.24) is 15.1 Å². The number of amides is 3. The number of ether oxygens (including phenoxy) is 1. The Bertz CT molecular complexity index is 671. The van der Waals surface area contributed by atoms with Crippen LogP contribution in [0.25, 0.3) is 0 Å². The Labute approximate surface area is 161 Å². The summed E-state index contributed by atoms with van der Waals surface area (Å²) >= 11 is 0. The SMILES string of the molecule is CCC(C)NC(=O)N1CCOc2ccc(CCC(=O)N3CCCC3)cc2C1. The van der Waals surface area contributed by atoms with Crippen molar-refractivity contribution >= 4 is 11.9 Å². The molecule has 3 amide bonds. The van der Waals surface area contributed by atoms with Gasteiger partial charge >= 0.3 is 6.03 Å². The van der Waals surface area contributed by atoms with E-state index in [1.54, 1.807) is 4.90 Å². The van der Waals surface area contributed by atoms with E-state index in [9.17, 15) is 9.59 Å². The van der Waals surface area contributed by atoms with E-state index >= 15 is 0 Å². The molecule has 0 spiro atoms. The van der Waals surface area contributed by atoms with E-state index in [0.717, 1.165) is 55.6 Å². The molecule has 27 heavy (non-hydrogen) atoms. The van der Waals surface area contributed by atoms with Gasteiger partial charge in [0.25, 0.3) is 0 Å². The molecular weight excluding hydrogens is 342 g/mol. The molecule has 1 aromatic carbocycles. The van der Waals surface area contributed by atoms with Gasteiger partial charge < -0.3 is 19.9 Å². The number of hydrogen-bond donors (Lipinski definition) is 1. The fourth-order valence-corrected chi connectivity index (χ4v) is 3.56. The van der Waals surface area contributed by atoms with Crippen molar-refractivity contribution in [3.05, 3.63) is 29.3 Å². The zero-order valence-electron chi connectivity index (χ0n) is 16.5. The molecule has 1 atom stereocenters. The van der Waals surface area contributed by atoms with Crippen LogP contribution in [0.3, 0.4) is 0 Å². The van der Waals surface area contributed by atoms with E-state index in [-0.39, 0.29) is 18.0 Å². The summed E-state index contributed by atoms with van der Waals surface area (Å²) in [6, 6.07) is 6.20. The fraction of sp³-hybridized carbons (Fsp3) is 0.619. The van der Waals surface area contributed by atoms with Crippen molar-refractivity contribution in [3.63, 3.8) is 0 Å². The number of hydrogen-bond acceptors (Lipinski definition) is 3. The van der Waals surface area contributed by atoms with E-state index in [1.807, 2.05) is 24.0 Å². The normalized spacial score (nSPS) is 17.7. The van der Waals surface area contributed by atoms with Crippen molar-refractivity contribution in [3.8, 4) is 5.75 Å². The molecule has 0 aliphatic carbocycles. The number of nitrogens with one attached hydrogen (secondary N) is 1. The van der Waals surface area contributed by atoms with Gasteiger partial charge in [-0.15, -0.1) is 0 Å². The van der Waals surface area contributed by atoms with Crippen LogP contribution in [0.5, 0.6) is 5.75 Å². The van der Waals surface area contributed by atoms with Crippen molar-refractivity contribution in [1.29, 1.82) is 0 Å². The van der Waals surface area contributed by atoms with Gasteiger partial charge in [0.2, 0.25) is 5.91 Å². The summed E-state index contributed by atoms with van der Waals surface area (Å²) in [5.74, 6) is 1.08. The second kappa shape index (κ2) is 9.11. The van der Waals surface area contributed by atoms with Crippen molar-refractivity contribution in [2.75, 3.05) is 26.2 Å². The monoisotopic (exact) mass is 373 g/mol. The molecule has 6 nitrogen and oxygen atoms in total. The molecule has 3 rings (SSSR count). The summed E-state index contributed by atoms with van der Waals surface area (Å²) in [6.45, 7) is 7.46. The maximum atomic E-state index is 12.5. The first kappa shape index (κ1) is 19.5. The van der Waals surface area contributed by atoms with Gasteiger partial charge in [0.1, 0.15) is 12.4 Å². The van der Waals surface area contributed by atoms with E-state index < -0.39 is 0 Å². The summed E-state index contributed by atoms with van der Waals surface area (Å²) < 4.78 is 5.83. The highest BCUT2D eigenvalue weighted by Gasteiger charge is 2.22. The van der Waals surface area contributed by atoms with Crippen molar-refractivity contribution in [2.24, 2.45) is 0 Å². The molecule has 148 valence electrons. The smallest absolute Gasteiger partial charge is 0.318 e. The number of carbonyl (C=O) groups excluding carboxylic acids is 2. The molecule has 2 aliphatic heterocycles. The Hall–Kier alpha value is -2.24. The van der Waals surface area contributed by atoms with E-state index in [2.05, 4.69) is 18.3 Å². The van der Waals surface area contributed by atoms with E-state index in [1.165, 1.54) is 0 Å². The van der Waals surface area contributed by atoms with Gasteiger partial charge in [-0.1, -0.05) is 19.1 Å². The highest BCUT2D eigenvalue weighted by atomic mass is 16.5. The number of fused-ring (bicyclic) bond motifs is 1. The zero-order valence-corrected chi connectivity index (χ0v) is 16.5. The van der Waals surface area contributed by atoms with Gasteiger partial charge in [-0.25, -0.2) is 4.79 Å². The first-order valence-corrected chi connectivity index (χ1v) is 10.1. The molecule has 6 heteroatoms. The molecular formula is C21H31N3O3. The lowest BCUT2D eigenvalue weighted by Crippen LogP contribution is -2.44. The average Bonchev–Trinajstić information content (AvgIpc) is 3.12. The molecule has 1 saturated heterocycles. The molecule has 1 unspecified atom stereocenters. The Kier molecular flexibility index (Phi) is 6.58. The molecule has 1 N–H and O–H groups in total. The Balaban J connectivity index is 1.62. The van der Waals surface area contributed by atoms with Crippen LogP contribution in [0.15, 0.2) is 18.2 Å². The van der Waals surface area contributed by atoms with Crippen LogP contribution in [0.2, 0.25) is 0 Å². The second-order valence-electron chi connectivity index (χ2n) is 7.56. The Morgan fingerprint density at radius 1 is 1.19 bits per heavy atom. The molecule has 0 aromatic heterocycles. The van der Waals surface area contributed by atoms with Gasteiger partial charge in [-0.05, 0) is 44.2 Å². The van der Waals surface area contributed by atoms with Crippen LogP contribution in [-0.2, 0) is 17.8 Å². The van der Waals surface area contributed by atoms with Gasteiger partial charge in [0.05, 0.1) is 13.1 Å². The number of urea groups is 1. The van der Waals surface area contributed by atoms with Gasteiger partial charge in [0.15, 0.2) is 0 Å². The van der Waals surface area contributed by atoms with Crippen LogP contribution in [0.1, 0.15) is 50.7 Å². The summed E-state index contributed by atoms with van der Waals surface area (Å²) in [6.07, 6.45) is 4.41. The quantitative estimate of drug-likeness (QED) is 0.863. The zero-order chi connectivity index (χ0) is 19.2. The topological polar surface area (TPSA) is 61.9 Å². The summed E-state index contributed by atoms with van der Waals surface area (Å²) in [4.78, 5) is 28.5. The average molecular weight is 373 g/mol. The Morgan fingerprint density at radius 3 is 2.70 bits per heavy atom. The van der Waals surface area contributed by atoms with Gasteiger partial charge in [0, 0.05) is 31.1 Å². The first-order valence-electron chi connectivity index (χ1n) is 10.1. The minimum atomic E-state index is -0.0459. The van der Waals surface area contributed by atoms with Crippen LogP contribution >= 0.6 is 0 Å². The lowest BCUT2D eigenvalue weighted by Gasteiger charge is -2.23. The van der Waals surface area contributed by atoms with Crippen LogP contribution in [0.4, 0.5) is 4.79 Å². The van der Waals surface area contributed by atoms with Crippen LogP contribution in [-0.4, -0.2) is 54.0 Å². The van der Waals surface area contributed by atoms with E-state index in [0.29, 0.717) is 26.1 Å². The standard InChI is InChI=1S/C21H31N3O3/c1-3-16(2)22-21(26)24-12-13-27-19-8-6-17(14-18(19)15-24)7-9-20(25)23-10-4-5-11-23/h6,8,14,16H,3-5,7,9-13,15H2,1-2H3,(H,22,26). The minimum absolute atomic E-state index is 0.0459. The number of benzene rings is 1. The number of nitrogens with zero attached hydrogens (tertiary/aromatic N) is 2. The number of likely N-dealkylation sites (tertiary alicyclic amines) is 1. The first-order chi connectivity index (χ1) is 13.1. The van der Waals surface area contributed by atoms with Crippen molar-refractivity contribution in [2.45, 2.75) is 58.5 Å². The lowest BCUT2D eigenvalue weighted by atomic mass is 10.0. The number of carbonyl (C=O) groups is 2. The van der Waals surface area contributed by atoms with Gasteiger partial charge in [-0.3, -0.25) is 4.79 Å². The molecule has 2 heterocycles. The maximum Gasteiger partial charge on any atom is 0.318 e. The summed E-state index contributed by atoms with van der Waals surface area (Å²) in [5, 5.41) is 3.03. The minimum Gasteiger partial charge on any atom is -0.491 e. The molecule has 0 saturated carbocycles. The van der Waals surface area contributed by atoms with E-state index in [4.69, 9.17) is 4.74 Å². The number of rotatable bonds is 5. The highest BCUT2D eigenvalue weighted by molar-refractivity contribution is 5.76. The highest BCUT2D eigenvalue weighted by Crippen LogP contribution is 2.25. The molecule has 0 bridgehead atoms. The second-order valence-corrected chi connectivity index (χ2v) is 7.56.